The summed E-state index contributed by atoms with van der Waals surface area (Å²) in [7, 11) is 0. The van der Waals surface area contributed by atoms with Crippen molar-refractivity contribution in [2.75, 3.05) is 13.1 Å². The Bertz CT molecular complexity index is 207. The third kappa shape index (κ3) is 3.22. The van der Waals surface area contributed by atoms with Gasteiger partial charge in [-0.2, -0.15) is 0 Å². The predicted octanol–water partition coefficient (Wildman–Crippen LogP) is 3.22. The maximum Gasteiger partial charge on any atom is 0.219 e. The van der Waals surface area contributed by atoms with Gasteiger partial charge in [-0.05, 0) is 12.8 Å². The second-order valence-corrected chi connectivity index (χ2v) is 5.08. The normalized spacial score (nSPS) is 18.7. The first-order valence-corrected chi connectivity index (χ1v) is 6.39. The molecule has 1 amide bonds. The molecule has 0 aliphatic carbocycles. The molecule has 2 heteroatoms. The molecular formula is C13H25NO. The molecule has 0 atom stereocenters. The Kier molecular flexibility index (Phi) is 4.62. The van der Waals surface area contributed by atoms with E-state index in [1.165, 1.54) is 38.5 Å². The zero-order chi connectivity index (χ0) is 11.3. The Labute approximate surface area is 94.0 Å². The lowest BCUT2D eigenvalue weighted by molar-refractivity contribution is -0.142. The number of likely N-dealkylation sites (tertiary alicyclic amines) is 1. The number of hydrogen-bond acceptors (Lipinski definition) is 1. The predicted molar refractivity (Wildman–Crippen MR) is 63.7 cm³/mol. The standard InChI is InChI=1S/C13H25NO/c1-4-6-7-9-13(8-5-2)10-14(11-13)12(3)15/h4-11H2,1-3H3. The van der Waals surface area contributed by atoms with E-state index < -0.39 is 0 Å². The van der Waals surface area contributed by atoms with E-state index in [-0.39, 0.29) is 5.91 Å². The summed E-state index contributed by atoms with van der Waals surface area (Å²) in [5, 5.41) is 0. The van der Waals surface area contributed by atoms with Crippen LogP contribution in [0.4, 0.5) is 0 Å². The van der Waals surface area contributed by atoms with Gasteiger partial charge in [-0.3, -0.25) is 4.79 Å². The van der Waals surface area contributed by atoms with Crippen LogP contribution in [0.5, 0.6) is 0 Å². The van der Waals surface area contributed by atoms with E-state index in [0.29, 0.717) is 5.41 Å². The van der Waals surface area contributed by atoms with Gasteiger partial charge in [0.25, 0.3) is 0 Å². The van der Waals surface area contributed by atoms with Gasteiger partial charge in [0.15, 0.2) is 0 Å². The van der Waals surface area contributed by atoms with E-state index in [4.69, 9.17) is 0 Å². The van der Waals surface area contributed by atoms with Gasteiger partial charge in [0.05, 0.1) is 0 Å². The van der Waals surface area contributed by atoms with Crippen LogP contribution in [0.1, 0.15) is 59.3 Å². The Morgan fingerprint density at radius 2 is 1.80 bits per heavy atom. The first-order chi connectivity index (χ1) is 7.13. The molecule has 0 N–H and O–H groups in total. The maximum atomic E-state index is 11.2. The summed E-state index contributed by atoms with van der Waals surface area (Å²) in [6.07, 6.45) is 7.82. The van der Waals surface area contributed by atoms with Crippen LogP contribution in [0, 0.1) is 5.41 Å². The molecule has 1 aliphatic heterocycles. The number of nitrogens with zero attached hydrogens (tertiary/aromatic N) is 1. The Hall–Kier alpha value is -0.530. The fourth-order valence-corrected chi connectivity index (χ4v) is 2.71. The molecular weight excluding hydrogens is 186 g/mol. The van der Waals surface area contributed by atoms with Gasteiger partial charge in [-0.15, -0.1) is 0 Å². The van der Waals surface area contributed by atoms with E-state index in [9.17, 15) is 4.79 Å². The third-order valence-corrected chi connectivity index (χ3v) is 3.59. The van der Waals surface area contributed by atoms with Crippen molar-refractivity contribution in [3.05, 3.63) is 0 Å². The molecule has 0 aromatic heterocycles. The van der Waals surface area contributed by atoms with Gasteiger partial charge in [0.2, 0.25) is 5.91 Å². The minimum atomic E-state index is 0.247. The van der Waals surface area contributed by atoms with Crippen LogP contribution in [-0.4, -0.2) is 23.9 Å². The molecule has 1 heterocycles. The van der Waals surface area contributed by atoms with Gasteiger partial charge in [0, 0.05) is 25.4 Å². The first-order valence-electron chi connectivity index (χ1n) is 6.39. The van der Waals surface area contributed by atoms with Crippen LogP contribution in [0.2, 0.25) is 0 Å². The van der Waals surface area contributed by atoms with Gasteiger partial charge < -0.3 is 4.90 Å². The van der Waals surface area contributed by atoms with Crippen molar-refractivity contribution in [2.24, 2.45) is 5.41 Å². The summed E-state index contributed by atoms with van der Waals surface area (Å²) in [6.45, 7) is 8.20. The smallest absolute Gasteiger partial charge is 0.219 e. The molecule has 0 saturated carbocycles. The fourth-order valence-electron chi connectivity index (χ4n) is 2.71. The minimum absolute atomic E-state index is 0.247. The summed E-state index contributed by atoms with van der Waals surface area (Å²) in [4.78, 5) is 13.2. The minimum Gasteiger partial charge on any atom is -0.342 e. The van der Waals surface area contributed by atoms with E-state index in [1.54, 1.807) is 6.92 Å². The van der Waals surface area contributed by atoms with Crippen LogP contribution in [-0.2, 0) is 4.79 Å². The average Bonchev–Trinajstić information content (AvgIpc) is 2.12. The van der Waals surface area contributed by atoms with Gasteiger partial charge in [-0.25, -0.2) is 0 Å². The summed E-state index contributed by atoms with van der Waals surface area (Å²) in [6, 6.07) is 0. The zero-order valence-electron chi connectivity index (χ0n) is 10.5. The second-order valence-electron chi connectivity index (χ2n) is 5.08. The van der Waals surface area contributed by atoms with Crippen molar-refractivity contribution >= 4 is 5.91 Å². The Morgan fingerprint density at radius 3 is 2.27 bits per heavy atom. The molecule has 0 spiro atoms. The fraction of sp³-hybridized carbons (Fsp3) is 0.923. The van der Waals surface area contributed by atoms with Gasteiger partial charge >= 0.3 is 0 Å². The molecule has 0 aromatic carbocycles. The van der Waals surface area contributed by atoms with Crippen LogP contribution in [0.15, 0.2) is 0 Å². The van der Waals surface area contributed by atoms with Gasteiger partial charge in [0.1, 0.15) is 0 Å². The molecule has 88 valence electrons. The van der Waals surface area contributed by atoms with Crippen LogP contribution < -0.4 is 0 Å². The van der Waals surface area contributed by atoms with Gasteiger partial charge in [-0.1, -0.05) is 39.5 Å². The Morgan fingerprint density at radius 1 is 1.13 bits per heavy atom. The molecule has 1 fully saturated rings. The van der Waals surface area contributed by atoms with Crippen LogP contribution >= 0.6 is 0 Å². The Balaban J connectivity index is 2.35. The summed E-state index contributed by atoms with van der Waals surface area (Å²) < 4.78 is 0. The number of amides is 1. The largest absolute Gasteiger partial charge is 0.342 e. The number of hydrogen-bond donors (Lipinski definition) is 0. The average molecular weight is 211 g/mol. The molecule has 15 heavy (non-hydrogen) atoms. The lowest BCUT2D eigenvalue weighted by atomic mass is 9.72. The van der Waals surface area contributed by atoms with E-state index >= 15 is 0 Å². The molecule has 0 bridgehead atoms. The first kappa shape index (κ1) is 12.5. The number of carbonyl (C=O) groups is 1. The van der Waals surface area contributed by atoms with Crippen molar-refractivity contribution in [3.8, 4) is 0 Å². The molecule has 0 aromatic rings. The molecule has 1 saturated heterocycles. The highest BCUT2D eigenvalue weighted by molar-refractivity contribution is 5.74. The molecule has 1 aliphatic rings. The SMILES string of the molecule is CCCCCC1(CCC)CN(C(C)=O)C1. The number of unbranched alkanes of at least 4 members (excludes halogenated alkanes) is 2. The quantitative estimate of drug-likeness (QED) is 0.618. The summed E-state index contributed by atoms with van der Waals surface area (Å²) in [5.41, 5.74) is 0.482. The van der Waals surface area contributed by atoms with Crippen LogP contribution in [0.25, 0.3) is 0 Å². The topological polar surface area (TPSA) is 20.3 Å². The molecule has 1 rings (SSSR count). The van der Waals surface area contributed by atoms with Crippen LogP contribution in [0.3, 0.4) is 0 Å². The van der Waals surface area contributed by atoms with Crippen molar-refractivity contribution in [1.29, 1.82) is 0 Å². The summed E-state index contributed by atoms with van der Waals surface area (Å²) >= 11 is 0. The van der Waals surface area contributed by atoms with E-state index in [1.807, 2.05) is 4.90 Å². The lowest BCUT2D eigenvalue weighted by Crippen LogP contribution is -2.57. The lowest BCUT2D eigenvalue weighted by Gasteiger charge is -2.50. The van der Waals surface area contributed by atoms with Crippen molar-refractivity contribution < 1.29 is 4.79 Å². The zero-order valence-corrected chi connectivity index (χ0v) is 10.5. The van der Waals surface area contributed by atoms with Crippen molar-refractivity contribution in [3.63, 3.8) is 0 Å². The van der Waals surface area contributed by atoms with Crippen molar-refractivity contribution in [1.82, 2.24) is 4.90 Å². The maximum absolute atomic E-state index is 11.2. The van der Waals surface area contributed by atoms with E-state index in [2.05, 4.69) is 13.8 Å². The highest BCUT2D eigenvalue weighted by Gasteiger charge is 2.42. The highest BCUT2D eigenvalue weighted by Crippen LogP contribution is 2.39. The van der Waals surface area contributed by atoms with E-state index in [0.717, 1.165) is 13.1 Å². The number of rotatable bonds is 6. The van der Waals surface area contributed by atoms with Crippen molar-refractivity contribution in [2.45, 2.75) is 59.3 Å². The number of carbonyl (C=O) groups excluding carboxylic acids is 1. The highest BCUT2D eigenvalue weighted by atomic mass is 16.2. The summed E-state index contributed by atoms with van der Waals surface area (Å²) in [5.74, 6) is 0.247. The third-order valence-electron chi connectivity index (χ3n) is 3.59. The molecule has 0 unspecified atom stereocenters. The second kappa shape index (κ2) is 5.53. The molecule has 0 radical (unpaired) electrons. The monoisotopic (exact) mass is 211 g/mol. The molecule has 2 nitrogen and oxygen atoms in total.